The van der Waals surface area contributed by atoms with Gasteiger partial charge in [-0.15, -0.1) is 0 Å². The molecule has 0 fully saturated rings. The zero-order valence-electron chi connectivity index (χ0n) is 10.8. The number of nitrogen functional groups attached to an aromatic ring is 1. The van der Waals surface area contributed by atoms with Crippen molar-refractivity contribution < 1.29 is 4.42 Å². The Kier molecular flexibility index (Phi) is 2.59. The largest absolute Gasteiger partial charge is 0.462 e. The molecule has 0 atom stereocenters. The molecule has 2 N–H and O–H groups in total. The molecule has 3 aromatic heterocycles. The van der Waals surface area contributed by atoms with Gasteiger partial charge in [-0.05, 0) is 24.6 Å². The van der Waals surface area contributed by atoms with E-state index < -0.39 is 0 Å². The third-order valence-corrected chi connectivity index (χ3v) is 3.12. The molecule has 0 aliphatic carbocycles. The maximum Gasteiger partial charge on any atom is 0.157 e. The molecule has 0 aliphatic rings. The summed E-state index contributed by atoms with van der Waals surface area (Å²) in [4.78, 5) is 4.13. The Balaban J connectivity index is 2.28. The second-order valence-corrected chi connectivity index (χ2v) is 4.41. The van der Waals surface area contributed by atoms with Crippen LogP contribution in [0, 0.1) is 6.92 Å². The lowest BCUT2D eigenvalue weighted by atomic mass is 10.0. The van der Waals surface area contributed by atoms with Crippen LogP contribution in [0.5, 0.6) is 0 Å². The third-order valence-electron chi connectivity index (χ3n) is 3.12. The van der Waals surface area contributed by atoms with E-state index in [-0.39, 0.29) is 0 Å². The van der Waals surface area contributed by atoms with E-state index in [4.69, 9.17) is 10.2 Å². The van der Waals surface area contributed by atoms with Gasteiger partial charge in [-0.25, -0.2) is 0 Å². The second kappa shape index (κ2) is 4.28. The van der Waals surface area contributed by atoms with Crippen molar-refractivity contribution in [1.82, 2.24) is 14.8 Å². The van der Waals surface area contributed by atoms with E-state index >= 15 is 0 Å². The van der Waals surface area contributed by atoms with Gasteiger partial charge in [0.15, 0.2) is 5.76 Å². The maximum absolute atomic E-state index is 6.12. The summed E-state index contributed by atoms with van der Waals surface area (Å²) in [5.74, 6) is 1.34. The van der Waals surface area contributed by atoms with Gasteiger partial charge in [0.05, 0.1) is 11.8 Å². The number of hydrogen-bond donors (Lipinski definition) is 1. The lowest BCUT2D eigenvalue weighted by molar-refractivity contribution is 0.576. The highest BCUT2D eigenvalue weighted by Crippen LogP contribution is 2.36. The van der Waals surface area contributed by atoms with Crippen LogP contribution in [-0.2, 0) is 7.05 Å². The first-order valence-corrected chi connectivity index (χ1v) is 5.96. The molecule has 3 rings (SSSR count). The molecule has 0 radical (unpaired) electrons. The SMILES string of the molecule is Cc1ccoc1-c1nn(C)c(N)c1-c1cccnc1. The molecule has 19 heavy (non-hydrogen) atoms. The van der Waals surface area contributed by atoms with Crippen LogP contribution in [0.4, 0.5) is 5.82 Å². The lowest BCUT2D eigenvalue weighted by Crippen LogP contribution is -1.98. The smallest absolute Gasteiger partial charge is 0.157 e. The fourth-order valence-corrected chi connectivity index (χ4v) is 2.11. The molecule has 0 bridgehead atoms. The van der Waals surface area contributed by atoms with Crippen LogP contribution in [0.25, 0.3) is 22.6 Å². The van der Waals surface area contributed by atoms with Crippen molar-refractivity contribution in [3.05, 3.63) is 42.4 Å². The van der Waals surface area contributed by atoms with E-state index in [2.05, 4.69) is 10.1 Å². The lowest BCUT2D eigenvalue weighted by Gasteiger charge is -2.02. The summed E-state index contributed by atoms with van der Waals surface area (Å²) in [6, 6.07) is 5.75. The Morgan fingerprint density at radius 1 is 1.32 bits per heavy atom. The highest BCUT2D eigenvalue weighted by Gasteiger charge is 2.20. The fraction of sp³-hybridized carbons (Fsp3) is 0.143. The average Bonchev–Trinajstić information content (AvgIpc) is 2.96. The van der Waals surface area contributed by atoms with Crippen molar-refractivity contribution in [3.8, 4) is 22.6 Å². The fourth-order valence-electron chi connectivity index (χ4n) is 2.11. The van der Waals surface area contributed by atoms with Crippen molar-refractivity contribution in [2.24, 2.45) is 7.05 Å². The highest BCUT2D eigenvalue weighted by molar-refractivity contribution is 5.86. The standard InChI is InChI=1S/C14H14N4O/c1-9-5-7-19-13(9)12-11(14(15)18(2)17-12)10-4-3-6-16-8-10/h3-8H,15H2,1-2H3. The topological polar surface area (TPSA) is 69.9 Å². The number of nitrogens with zero attached hydrogens (tertiary/aromatic N) is 3. The molecule has 0 aliphatic heterocycles. The predicted molar refractivity (Wildman–Crippen MR) is 73.3 cm³/mol. The molecule has 0 unspecified atom stereocenters. The molecule has 5 nitrogen and oxygen atoms in total. The van der Waals surface area contributed by atoms with Crippen LogP contribution in [0.3, 0.4) is 0 Å². The predicted octanol–water partition coefficient (Wildman–Crippen LogP) is 2.63. The molecule has 3 aromatic rings. The first-order chi connectivity index (χ1) is 9.18. The molecular formula is C14H14N4O. The summed E-state index contributed by atoms with van der Waals surface area (Å²) in [5.41, 5.74) is 9.68. The van der Waals surface area contributed by atoms with E-state index in [1.165, 1.54) is 0 Å². The molecule has 96 valence electrons. The zero-order chi connectivity index (χ0) is 13.4. The van der Waals surface area contributed by atoms with Crippen LogP contribution < -0.4 is 5.73 Å². The number of hydrogen-bond acceptors (Lipinski definition) is 4. The van der Waals surface area contributed by atoms with Gasteiger partial charge in [-0.1, -0.05) is 6.07 Å². The minimum Gasteiger partial charge on any atom is -0.462 e. The number of rotatable bonds is 2. The van der Waals surface area contributed by atoms with Crippen LogP contribution >= 0.6 is 0 Å². The number of anilines is 1. The number of furan rings is 1. The number of pyridine rings is 1. The normalized spacial score (nSPS) is 10.8. The Hall–Kier alpha value is -2.56. The minimum atomic E-state index is 0.596. The van der Waals surface area contributed by atoms with Gasteiger partial charge in [0.25, 0.3) is 0 Å². The number of aryl methyl sites for hydroxylation is 2. The summed E-state index contributed by atoms with van der Waals surface area (Å²) in [7, 11) is 1.82. The minimum absolute atomic E-state index is 0.596. The van der Waals surface area contributed by atoms with Gasteiger partial charge >= 0.3 is 0 Å². The van der Waals surface area contributed by atoms with Crippen molar-refractivity contribution in [1.29, 1.82) is 0 Å². The summed E-state index contributed by atoms with van der Waals surface area (Å²) in [5, 5.41) is 4.46. The molecule has 0 aromatic carbocycles. The second-order valence-electron chi connectivity index (χ2n) is 4.41. The van der Waals surface area contributed by atoms with E-state index in [9.17, 15) is 0 Å². The Bertz CT molecular complexity index is 712. The van der Waals surface area contributed by atoms with Crippen LogP contribution in [0.15, 0.2) is 41.3 Å². The van der Waals surface area contributed by atoms with Crippen molar-refractivity contribution >= 4 is 5.82 Å². The summed E-state index contributed by atoms with van der Waals surface area (Å²) < 4.78 is 7.18. The van der Waals surface area contributed by atoms with Crippen LogP contribution in [0.2, 0.25) is 0 Å². The van der Waals surface area contributed by atoms with Gasteiger partial charge < -0.3 is 10.2 Å². The van der Waals surface area contributed by atoms with Crippen molar-refractivity contribution in [2.75, 3.05) is 5.73 Å². The zero-order valence-corrected chi connectivity index (χ0v) is 10.8. The van der Waals surface area contributed by atoms with Crippen molar-refractivity contribution in [3.63, 3.8) is 0 Å². The Morgan fingerprint density at radius 3 is 2.79 bits per heavy atom. The van der Waals surface area contributed by atoms with Gasteiger partial charge in [0, 0.05) is 25.0 Å². The number of nitrogens with two attached hydrogens (primary N) is 1. The van der Waals surface area contributed by atoms with Gasteiger partial charge in [0.1, 0.15) is 11.5 Å². The van der Waals surface area contributed by atoms with E-state index in [1.807, 2.05) is 32.2 Å². The molecular weight excluding hydrogens is 240 g/mol. The van der Waals surface area contributed by atoms with Gasteiger partial charge in [-0.2, -0.15) is 5.10 Å². The maximum atomic E-state index is 6.12. The average molecular weight is 254 g/mol. The molecule has 0 spiro atoms. The van der Waals surface area contributed by atoms with E-state index in [0.717, 1.165) is 28.1 Å². The van der Waals surface area contributed by atoms with Gasteiger partial charge in [-0.3, -0.25) is 9.67 Å². The Labute approximate surface area is 110 Å². The summed E-state index contributed by atoms with van der Waals surface area (Å²) >= 11 is 0. The molecule has 0 amide bonds. The van der Waals surface area contributed by atoms with Crippen LogP contribution in [0.1, 0.15) is 5.56 Å². The first kappa shape index (κ1) is 11.5. The third kappa shape index (κ3) is 1.79. The Morgan fingerprint density at radius 2 is 2.16 bits per heavy atom. The van der Waals surface area contributed by atoms with E-state index in [1.54, 1.807) is 23.3 Å². The molecule has 0 saturated heterocycles. The summed E-state index contributed by atoms with van der Waals surface area (Å²) in [6.45, 7) is 1.98. The molecule has 0 saturated carbocycles. The molecule has 3 heterocycles. The number of aromatic nitrogens is 3. The quantitative estimate of drug-likeness (QED) is 0.763. The summed E-state index contributed by atoms with van der Waals surface area (Å²) in [6.07, 6.45) is 5.16. The van der Waals surface area contributed by atoms with E-state index in [0.29, 0.717) is 5.82 Å². The van der Waals surface area contributed by atoms with Crippen molar-refractivity contribution in [2.45, 2.75) is 6.92 Å². The van der Waals surface area contributed by atoms with Crippen LogP contribution in [-0.4, -0.2) is 14.8 Å². The highest BCUT2D eigenvalue weighted by atomic mass is 16.3. The van der Waals surface area contributed by atoms with Gasteiger partial charge in [0.2, 0.25) is 0 Å². The molecule has 5 heteroatoms. The first-order valence-electron chi connectivity index (χ1n) is 5.96. The monoisotopic (exact) mass is 254 g/mol.